The number of fused-ring (bicyclic) bond motifs is 1. The van der Waals surface area contributed by atoms with Crippen molar-refractivity contribution in [2.24, 2.45) is 12.5 Å². The molecule has 152 valence electrons. The number of alkyl halides is 2. The van der Waals surface area contributed by atoms with Gasteiger partial charge in [0.2, 0.25) is 11.9 Å². The number of rotatable bonds is 2. The van der Waals surface area contributed by atoms with Crippen LogP contribution >= 0.6 is 0 Å². The molecule has 7 nitrogen and oxygen atoms in total. The zero-order valence-electron chi connectivity index (χ0n) is 16.2. The molecule has 2 aliphatic rings. The third kappa shape index (κ3) is 2.99. The van der Waals surface area contributed by atoms with Crippen molar-refractivity contribution in [3.05, 3.63) is 34.9 Å². The van der Waals surface area contributed by atoms with Crippen LogP contribution in [0.4, 0.5) is 14.7 Å². The first-order chi connectivity index (χ1) is 13.9. The molecule has 9 heteroatoms. The van der Waals surface area contributed by atoms with E-state index in [0.717, 1.165) is 5.56 Å². The summed E-state index contributed by atoms with van der Waals surface area (Å²) >= 11 is 0. The molecule has 0 atom stereocenters. The largest absolute Gasteiger partial charge is 0.342 e. The lowest BCUT2D eigenvalue weighted by Crippen LogP contribution is -2.42. The lowest BCUT2D eigenvalue weighted by atomic mass is 9.77. The van der Waals surface area contributed by atoms with Crippen LogP contribution in [0.3, 0.4) is 0 Å². The number of anilines is 1. The van der Waals surface area contributed by atoms with Gasteiger partial charge in [-0.25, -0.2) is 8.78 Å². The van der Waals surface area contributed by atoms with Crippen molar-refractivity contribution in [1.82, 2.24) is 24.7 Å². The molecule has 2 fully saturated rings. The average molecular weight is 400 g/mol. The monoisotopic (exact) mass is 400 g/mol. The lowest BCUT2D eigenvalue weighted by Gasteiger charge is -2.40. The number of pyridine rings is 1. The highest BCUT2D eigenvalue weighted by Crippen LogP contribution is 2.53. The first-order valence-corrected chi connectivity index (χ1v) is 9.86. The summed E-state index contributed by atoms with van der Waals surface area (Å²) in [5, 5.41) is 7.61. The molecule has 1 aliphatic heterocycles. The smallest absolute Gasteiger partial charge is 0.266 e. The van der Waals surface area contributed by atoms with Crippen molar-refractivity contribution in [3.63, 3.8) is 0 Å². The van der Waals surface area contributed by atoms with Gasteiger partial charge in [-0.15, -0.1) is 0 Å². The summed E-state index contributed by atoms with van der Waals surface area (Å²) in [6.45, 7) is 1.24. The van der Waals surface area contributed by atoms with Crippen molar-refractivity contribution < 1.29 is 8.78 Å². The van der Waals surface area contributed by atoms with Crippen LogP contribution < -0.4 is 10.5 Å². The van der Waals surface area contributed by atoms with E-state index in [4.69, 9.17) is 0 Å². The Bertz CT molecular complexity index is 1120. The zero-order chi connectivity index (χ0) is 20.2. The van der Waals surface area contributed by atoms with Gasteiger partial charge in [-0.2, -0.15) is 10.1 Å². The standard InChI is InChI=1S/C20H22F2N6O/c1-27-17(29)14-15(13-2-8-23-9-3-13)25-26-16(14)24-18(27)28-10-6-19(7-11-28)4-5-20(21,22)12-19/h2-3,8-9H,4-7,10-12H2,1H3,(H,25,26). The van der Waals surface area contributed by atoms with Crippen molar-refractivity contribution in [1.29, 1.82) is 0 Å². The van der Waals surface area contributed by atoms with Crippen LogP contribution in [-0.2, 0) is 7.05 Å². The number of nitrogens with one attached hydrogen (secondary N) is 1. The quantitative estimate of drug-likeness (QED) is 0.715. The summed E-state index contributed by atoms with van der Waals surface area (Å²) < 4.78 is 29.0. The number of aromatic nitrogens is 5. The maximum absolute atomic E-state index is 13.7. The number of hydrogen-bond acceptors (Lipinski definition) is 5. The first-order valence-electron chi connectivity index (χ1n) is 9.86. The average Bonchev–Trinajstić information content (AvgIpc) is 3.27. The number of nitrogens with zero attached hydrogens (tertiary/aromatic N) is 5. The fraction of sp³-hybridized carbons (Fsp3) is 0.500. The Hall–Kier alpha value is -2.84. The molecule has 1 spiro atoms. The number of hydrogen-bond donors (Lipinski definition) is 1. The van der Waals surface area contributed by atoms with Crippen LogP contribution in [0.5, 0.6) is 0 Å². The van der Waals surface area contributed by atoms with E-state index in [1.54, 1.807) is 31.6 Å². The van der Waals surface area contributed by atoms with Crippen molar-refractivity contribution in [2.45, 2.75) is 38.0 Å². The third-order valence-corrected chi connectivity index (χ3v) is 6.49. The molecule has 1 saturated heterocycles. The molecule has 1 N–H and O–H groups in total. The van der Waals surface area contributed by atoms with E-state index >= 15 is 0 Å². The van der Waals surface area contributed by atoms with Crippen LogP contribution in [-0.4, -0.2) is 43.7 Å². The summed E-state index contributed by atoms with van der Waals surface area (Å²) in [6, 6.07) is 3.59. The second-order valence-electron chi connectivity index (χ2n) is 8.33. The van der Waals surface area contributed by atoms with E-state index < -0.39 is 5.92 Å². The summed E-state index contributed by atoms with van der Waals surface area (Å²) in [5.74, 6) is -1.99. The molecule has 1 saturated carbocycles. The summed E-state index contributed by atoms with van der Waals surface area (Å²) in [7, 11) is 1.70. The van der Waals surface area contributed by atoms with Gasteiger partial charge in [-0.3, -0.25) is 19.4 Å². The zero-order valence-corrected chi connectivity index (χ0v) is 16.2. The van der Waals surface area contributed by atoms with E-state index in [0.29, 0.717) is 55.0 Å². The Kier molecular flexibility index (Phi) is 3.97. The Balaban J connectivity index is 1.47. The van der Waals surface area contributed by atoms with E-state index in [-0.39, 0.29) is 23.8 Å². The van der Waals surface area contributed by atoms with E-state index in [1.165, 1.54) is 4.57 Å². The number of H-pyrrole nitrogens is 1. The van der Waals surface area contributed by atoms with Gasteiger partial charge in [0.05, 0.1) is 0 Å². The van der Waals surface area contributed by atoms with Crippen molar-refractivity contribution >= 4 is 17.0 Å². The highest BCUT2D eigenvalue weighted by molar-refractivity contribution is 5.90. The van der Waals surface area contributed by atoms with E-state index in [9.17, 15) is 13.6 Å². The molecule has 1 aliphatic carbocycles. The summed E-state index contributed by atoms with van der Waals surface area (Å²) in [4.78, 5) is 23.8. The normalized spacial score (nSPS) is 20.6. The first kappa shape index (κ1) is 18.2. The summed E-state index contributed by atoms with van der Waals surface area (Å²) in [5.41, 5.74) is 1.32. The van der Waals surface area contributed by atoms with Gasteiger partial charge in [0.15, 0.2) is 5.65 Å². The Morgan fingerprint density at radius 1 is 1.10 bits per heavy atom. The van der Waals surface area contributed by atoms with E-state index in [2.05, 4.69) is 20.2 Å². The Morgan fingerprint density at radius 3 is 2.48 bits per heavy atom. The van der Waals surface area contributed by atoms with Gasteiger partial charge in [-0.05, 0) is 36.8 Å². The molecule has 3 aromatic heterocycles. The highest BCUT2D eigenvalue weighted by Gasteiger charge is 2.50. The van der Waals surface area contributed by atoms with Crippen molar-refractivity contribution in [2.75, 3.05) is 18.0 Å². The second-order valence-corrected chi connectivity index (χ2v) is 8.33. The molecular formula is C20H22F2N6O. The molecule has 0 amide bonds. The minimum Gasteiger partial charge on any atom is -0.342 e. The predicted molar refractivity (Wildman–Crippen MR) is 105 cm³/mol. The van der Waals surface area contributed by atoms with Crippen LogP contribution in [0.15, 0.2) is 29.3 Å². The van der Waals surface area contributed by atoms with Gasteiger partial charge < -0.3 is 4.90 Å². The van der Waals surface area contributed by atoms with Crippen LogP contribution in [0.25, 0.3) is 22.3 Å². The molecule has 0 bridgehead atoms. The highest BCUT2D eigenvalue weighted by atomic mass is 19.3. The fourth-order valence-corrected chi connectivity index (χ4v) is 4.83. The maximum atomic E-state index is 13.7. The molecule has 4 heterocycles. The minimum atomic E-state index is -2.54. The molecule has 3 aromatic rings. The molecular weight excluding hydrogens is 378 g/mol. The van der Waals surface area contributed by atoms with Gasteiger partial charge in [0.1, 0.15) is 11.1 Å². The topological polar surface area (TPSA) is 79.7 Å². The lowest BCUT2D eigenvalue weighted by molar-refractivity contribution is -0.00685. The van der Waals surface area contributed by atoms with Gasteiger partial charge in [0.25, 0.3) is 5.56 Å². The maximum Gasteiger partial charge on any atom is 0.266 e. The second kappa shape index (κ2) is 6.33. The predicted octanol–water partition coefficient (Wildman–Crippen LogP) is 3.12. The molecule has 5 rings (SSSR count). The fourth-order valence-electron chi connectivity index (χ4n) is 4.83. The molecule has 0 radical (unpaired) electrons. The number of aromatic amines is 1. The summed E-state index contributed by atoms with van der Waals surface area (Å²) in [6.07, 6.45) is 5.24. The number of piperidine rings is 1. The van der Waals surface area contributed by atoms with Crippen LogP contribution in [0.2, 0.25) is 0 Å². The van der Waals surface area contributed by atoms with Crippen molar-refractivity contribution in [3.8, 4) is 11.3 Å². The van der Waals surface area contributed by atoms with Gasteiger partial charge in [-0.1, -0.05) is 0 Å². The SMILES string of the molecule is Cn1c(N2CCC3(CC2)CCC(F)(F)C3)nc2[nH]nc(-c3ccncc3)c2c1=O. The van der Waals surface area contributed by atoms with Gasteiger partial charge in [0, 0.05) is 50.9 Å². The van der Waals surface area contributed by atoms with Gasteiger partial charge >= 0.3 is 0 Å². The third-order valence-electron chi connectivity index (χ3n) is 6.49. The molecule has 0 unspecified atom stereocenters. The molecule has 0 aromatic carbocycles. The Labute approximate surface area is 165 Å². The minimum absolute atomic E-state index is 0.0123. The van der Waals surface area contributed by atoms with E-state index in [1.807, 2.05) is 4.90 Å². The Morgan fingerprint density at radius 2 is 1.83 bits per heavy atom. The number of halogens is 2. The van der Waals surface area contributed by atoms with Crippen LogP contribution in [0.1, 0.15) is 32.1 Å². The molecule has 29 heavy (non-hydrogen) atoms. The van der Waals surface area contributed by atoms with Crippen LogP contribution in [0, 0.1) is 5.41 Å².